The zero-order valence-corrected chi connectivity index (χ0v) is 20.7. The Hall–Kier alpha value is -2.38. The van der Waals surface area contributed by atoms with Gasteiger partial charge in [0.2, 0.25) is 0 Å². The number of hydrogen-bond donors (Lipinski definition) is 0. The molecule has 1 amide bonds. The third-order valence-corrected chi connectivity index (χ3v) is 7.31. The van der Waals surface area contributed by atoms with Crippen LogP contribution in [0.3, 0.4) is 0 Å². The van der Waals surface area contributed by atoms with Crippen molar-refractivity contribution in [3.63, 3.8) is 0 Å². The molecule has 0 radical (unpaired) electrons. The average Bonchev–Trinajstić information content (AvgIpc) is 3.20. The fourth-order valence-electron chi connectivity index (χ4n) is 4.34. The molecule has 2 aromatic carbocycles. The van der Waals surface area contributed by atoms with Gasteiger partial charge >= 0.3 is 0 Å². The summed E-state index contributed by atoms with van der Waals surface area (Å²) in [5.74, 6) is 0.701. The van der Waals surface area contributed by atoms with Gasteiger partial charge in [-0.2, -0.15) is 0 Å². The van der Waals surface area contributed by atoms with Crippen LogP contribution in [0.4, 0.5) is 0 Å². The van der Waals surface area contributed by atoms with Crippen LogP contribution in [0.2, 0.25) is 0 Å². The van der Waals surface area contributed by atoms with E-state index < -0.39 is 9.84 Å². The Balaban J connectivity index is 1.59. The summed E-state index contributed by atoms with van der Waals surface area (Å²) in [4.78, 5) is 15.4. The fraction of sp³-hybridized carbons (Fsp3) is 0.500. The maximum atomic E-state index is 13.6. The quantitative estimate of drug-likeness (QED) is 0.639. The first-order valence-electron chi connectivity index (χ1n) is 11.5. The molecule has 1 saturated heterocycles. The van der Waals surface area contributed by atoms with E-state index in [1.165, 1.54) is 17.7 Å². The van der Waals surface area contributed by atoms with E-state index in [1.54, 1.807) is 11.0 Å². The summed E-state index contributed by atoms with van der Waals surface area (Å²) < 4.78 is 35.8. The Morgan fingerprint density at radius 2 is 1.76 bits per heavy atom. The van der Waals surface area contributed by atoms with Gasteiger partial charge in [-0.3, -0.25) is 4.79 Å². The summed E-state index contributed by atoms with van der Waals surface area (Å²) >= 11 is 0. The second-order valence-electron chi connectivity index (χ2n) is 10.4. The largest absolute Gasteiger partial charge is 0.492 e. The lowest BCUT2D eigenvalue weighted by atomic mass is 9.90. The van der Waals surface area contributed by atoms with Gasteiger partial charge in [-0.05, 0) is 59.1 Å². The highest BCUT2D eigenvalue weighted by atomic mass is 32.2. The normalized spacial score (nSPS) is 17.2. The Bertz CT molecular complexity index is 1140. The molecule has 33 heavy (non-hydrogen) atoms. The Kier molecular flexibility index (Phi) is 6.56. The number of carbonyl (C=O) groups is 1. The lowest BCUT2D eigenvalue weighted by Gasteiger charge is -2.23. The van der Waals surface area contributed by atoms with Crippen LogP contribution in [0, 0.1) is 5.41 Å². The first kappa shape index (κ1) is 23.8. The number of hydrogen-bond acceptors (Lipinski definition) is 5. The van der Waals surface area contributed by atoms with E-state index >= 15 is 0 Å². The third-order valence-electron chi connectivity index (χ3n) is 6.20. The standard InChI is InChI=1S/C26H33NO5S/c1-26(2,3)17-32-24-8-7-22(33(4,29)30)14-23(24)25(28)27-15-20-6-5-19(13-21(20)16-27)18-9-11-31-12-10-18/h5-8,13-14,18H,9-12,15-17H2,1-4H3. The van der Waals surface area contributed by atoms with E-state index in [1.807, 2.05) is 20.8 Å². The van der Waals surface area contributed by atoms with Crippen LogP contribution in [-0.2, 0) is 27.7 Å². The van der Waals surface area contributed by atoms with E-state index in [2.05, 4.69) is 18.2 Å². The van der Waals surface area contributed by atoms with Gasteiger partial charge in [-0.1, -0.05) is 39.0 Å². The van der Waals surface area contributed by atoms with Crippen LogP contribution in [-0.4, -0.2) is 45.3 Å². The molecule has 178 valence electrons. The number of sulfone groups is 1. The van der Waals surface area contributed by atoms with Crippen molar-refractivity contribution in [1.29, 1.82) is 0 Å². The maximum absolute atomic E-state index is 13.6. The monoisotopic (exact) mass is 471 g/mol. The van der Waals surface area contributed by atoms with E-state index in [4.69, 9.17) is 9.47 Å². The molecule has 6 nitrogen and oxygen atoms in total. The van der Waals surface area contributed by atoms with Gasteiger partial charge in [-0.15, -0.1) is 0 Å². The molecular weight excluding hydrogens is 438 g/mol. The summed E-state index contributed by atoms with van der Waals surface area (Å²) in [5, 5.41) is 0. The molecule has 2 aliphatic rings. The number of nitrogens with zero attached hydrogens (tertiary/aromatic N) is 1. The first-order valence-corrected chi connectivity index (χ1v) is 13.4. The zero-order chi connectivity index (χ0) is 23.8. The number of fused-ring (bicyclic) bond motifs is 1. The van der Waals surface area contributed by atoms with Gasteiger partial charge in [0.1, 0.15) is 5.75 Å². The molecule has 0 saturated carbocycles. The van der Waals surface area contributed by atoms with E-state index in [0.717, 1.165) is 43.4 Å². The molecule has 1 fully saturated rings. The minimum absolute atomic E-state index is 0.0970. The predicted molar refractivity (Wildman–Crippen MR) is 127 cm³/mol. The van der Waals surface area contributed by atoms with E-state index in [0.29, 0.717) is 36.9 Å². The van der Waals surface area contributed by atoms with E-state index in [9.17, 15) is 13.2 Å². The molecule has 0 bridgehead atoms. The molecule has 0 unspecified atom stereocenters. The summed E-state index contributed by atoms with van der Waals surface area (Å²) in [7, 11) is -3.45. The summed E-state index contributed by atoms with van der Waals surface area (Å²) in [6.07, 6.45) is 3.19. The maximum Gasteiger partial charge on any atom is 0.258 e. The van der Waals surface area contributed by atoms with Crippen molar-refractivity contribution >= 4 is 15.7 Å². The van der Waals surface area contributed by atoms with Crippen LogP contribution < -0.4 is 4.74 Å². The lowest BCUT2D eigenvalue weighted by molar-refractivity contribution is 0.0744. The summed E-state index contributed by atoms with van der Waals surface area (Å²) in [6, 6.07) is 11.1. The predicted octanol–water partition coefficient (Wildman–Crippen LogP) is 4.57. The Morgan fingerprint density at radius 3 is 2.42 bits per heavy atom. The van der Waals surface area contributed by atoms with Crippen LogP contribution in [0.1, 0.15) is 66.6 Å². The number of amides is 1. The van der Waals surface area contributed by atoms with Gasteiger partial charge in [0.15, 0.2) is 9.84 Å². The minimum Gasteiger partial charge on any atom is -0.492 e. The fourth-order valence-corrected chi connectivity index (χ4v) is 4.99. The van der Waals surface area contributed by atoms with Crippen molar-refractivity contribution in [2.24, 2.45) is 5.41 Å². The first-order chi connectivity index (χ1) is 15.5. The average molecular weight is 472 g/mol. The smallest absolute Gasteiger partial charge is 0.258 e. The zero-order valence-electron chi connectivity index (χ0n) is 19.9. The number of benzene rings is 2. The van der Waals surface area contributed by atoms with Crippen molar-refractivity contribution in [2.75, 3.05) is 26.1 Å². The molecule has 0 atom stereocenters. The van der Waals surface area contributed by atoms with Crippen molar-refractivity contribution in [3.8, 4) is 5.75 Å². The molecule has 2 aromatic rings. The highest BCUT2D eigenvalue weighted by molar-refractivity contribution is 7.90. The number of carbonyl (C=O) groups excluding carboxylic acids is 1. The second kappa shape index (κ2) is 9.11. The van der Waals surface area contributed by atoms with E-state index in [-0.39, 0.29) is 16.2 Å². The van der Waals surface area contributed by atoms with Crippen LogP contribution in [0.25, 0.3) is 0 Å². The van der Waals surface area contributed by atoms with Crippen LogP contribution in [0.5, 0.6) is 5.75 Å². The topological polar surface area (TPSA) is 72.9 Å². The molecular formula is C26H33NO5S. The van der Waals surface area contributed by atoms with Gasteiger partial charge in [0.25, 0.3) is 5.91 Å². The molecule has 2 heterocycles. The van der Waals surface area contributed by atoms with Gasteiger partial charge < -0.3 is 14.4 Å². The van der Waals surface area contributed by atoms with Crippen LogP contribution in [0.15, 0.2) is 41.3 Å². The lowest BCUT2D eigenvalue weighted by Crippen LogP contribution is -2.27. The number of rotatable bonds is 5. The molecule has 0 aliphatic carbocycles. The Labute approximate surface area is 196 Å². The number of ether oxygens (including phenoxy) is 2. The molecule has 0 aromatic heterocycles. The second-order valence-corrected chi connectivity index (χ2v) is 12.4. The van der Waals surface area contributed by atoms with Crippen molar-refractivity contribution in [2.45, 2.75) is 57.5 Å². The Morgan fingerprint density at radius 1 is 1.06 bits per heavy atom. The minimum atomic E-state index is -3.45. The van der Waals surface area contributed by atoms with Crippen molar-refractivity contribution in [1.82, 2.24) is 4.90 Å². The van der Waals surface area contributed by atoms with Gasteiger partial charge in [-0.25, -0.2) is 8.42 Å². The molecule has 7 heteroatoms. The molecule has 0 spiro atoms. The van der Waals surface area contributed by atoms with Gasteiger partial charge in [0.05, 0.1) is 17.1 Å². The highest BCUT2D eigenvalue weighted by Crippen LogP contribution is 2.33. The summed E-state index contributed by atoms with van der Waals surface area (Å²) in [6.45, 7) is 9.16. The molecule has 4 rings (SSSR count). The van der Waals surface area contributed by atoms with Crippen molar-refractivity contribution < 1.29 is 22.7 Å². The SMILES string of the molecule is CC(C)(C)COc1ccc(S(C)(=O)=O)cc1C(=O)N1Cc2ccc(C3CCOCC3)cc2C1. The highest BCUT2D eigenvalue weighted by Gasteiger charge is 2.29. The van der Waals surface area contributed by atoms with Gasteiger partial charge in [0, 0.05) is 32.6 Å². The third kappa shape index (κ3) is 5.58. The molecule has 2 aliphatic heterocycles. The molecule has 0 N–H and O–H groups in total. The van der Waals surface area contributed by atoms with Crippen molar-refractivity contribution in [3.05, 3.63) is 58.7 Å². The van der Waals surface area contributed by atoms with Crippen LogP contribution >= 0.6 is 0 Å². The summed E-state index contributed by atoms with van der Waals surface area (Å²) in [5.41, 5.74) is 3.79.